The zero-order valence-electron chi connectivity index (χ0n) is 20.9. The molecule has 1 aromatic carbocycles. The summed E-state index contributed by atoms with van der Waals surface area (Å²) in [6, 6.07) is 4.24. The van der Waals surface area contributed by atoms with Crippen molar-refractivity contribution < 1.29 is 39.6 Å². The second-order valence-corrected chi connectivity index (χ2v) is 11.3. The number of rotatable bonds is 8. The molecular weight excluding hydrogens is 564 g/mol. The number of nitrogens with zero attached hydrogens (tertiary/aromatic N) is 4. The molecule has 0 radical (unpaired) electrons. The van der Waals surface area contributed by atoms with Crippen molar-refractivity contribution in [2.45, 2.75) is 35.9 Å². The van der Waals surface area contributed by atoms with Crippen molar-refractivity contribution in [3.8, 4) is 0 Å². The third-order valence-electron chi connectivity index (χ3n) is 6.87. The van der Waals surface area contributed by atoms with Crippen molar-refractivity contribution >= 4 is 28.4 Å². The summed E-state index contributed by atoms with van der Waals surface area (Å²) in [4.78, 5) is 23.9. The molecule has 1 saturated heterocycles. The molecule has 2 aliphatic rings. The second-order valence-electron chi connectivity index (χ2n) is 9.44. The summed E-state index contributed by atoms with van der Waals surface area (Å²) < 4.78 is 107. The lowest BCUT2D eigenvalue weighted by Crippen LogP contribution is -2.46. The van der Waals surface area contributed by atoms with Crippen molar-refractivity contribution in [2.24, 2.45) is 15.4 Å². The van der Waals surface area contributed by atoms with Gasteiger partial charge in [0.15, 0.2) is 0 Å². The normalized spacial score (nSPS) is 23.3. The van der Waals surface area contributed by atoms with Crippen molar-refractivity contribution in [2.75, 3.05) is 20.1 Å². The van der Waals surface area contributed by atoms with Gasteiger partial charge in [-0.25, -0.2) is 21.6 Å². The molecule has 1 aliphatic heterocycles. The molecule has 8 nitrogen and oxygen atoms in total. The Morgan fingerprint density at radius 3 is 2.38 bits per heavy atom. The number of allylic oxidation sites excluding steroid dienone is 1. The van der Waals surface area contributed by atoms with Crippen molar-refractivity contribution in [1.29, 1.82) is 0 Å². The number of sulfonamides is 1. The van der Waals surface area contributed by atoms with E-state index in [1.54, 1.807) is 0 Å². The van der Waals surface area contributed by atoms with E-state index >= 15 is 0 Å². The van der Waals surface area contributed by atoms with Crippen LogP contribution in [0.2, 0.25) is 0 Å². The fraction of sp³-hybridized carbons (Fsp3) is 0.360. The van der Waals surface area contributed by atoms with E-state index in [4.69, 9.17) is 0 Å². The second kappa shape index (κ2) is 10.4. The molecule has 1 saturated carbocycles. The molecule has 2 heterocycles. The molecule has 0 unspecified atom stereocenters. The van der Waals surface area contributed by atoms with Crippen LogP contribution in [0.5, 0.6) is 0 Å². The van der Waals surface area contributed by atoms with Gasteiger partial charge in [-0.1, -0.05) is 0 Å². The van der Waals surface area contributed by atoms with E-state index in [2.05, 4.69) is 27.0 Å². The Morgan fingerprint density at radius 2 is 1.88 bits per heavy atom. The fourth-order valence-electron chi connectivity index (χ4n) is 4.53. The van der Waals surface area contributed by atoms with Gasteiger partial charge in [-0.3, -0.25) is 19.8 Å². The van der Waals surface area contributed by atoms with E-state index in [-0.39, 0.29) is 28.4 Å². The molecule has 40 heavy (non-hydrogen) atoms. The van der Waals surface area contributed by atoms with Gasteiger partial charge in [0.2, 0.25) is 15.9 Å². The molecule has 2 fully saturated rings. The summed E-state index contributed by atoms with van der Waals surface area (Å²) in [5.41, 5.74) is -2.30. The van der Waals surface area contributed by atoms with Gasteiger partial charge >= 0.3 is 6.18 Å². The SMILES string of the molecule is C=N/C(=C\C(=N/C)c1ccc(C(F)(F)F)nc1)CNC(=O)[C@@H]1C[C@]2(CN1S(=O)(=O)c1ccc(F)cc1)CC2(F)F. The highest BCUT2D eigenvalue weighted by molar-refractivity contribution is 7.89. The predicted molar refractivity (Wildman–Crippen MR) is 133 cm³/mol. The van der Waals surface area contributed by atoms with Gasteiger partial charge in [-0.2, -0.15) is 17.5 Å². The van der Waals surface area contributed by atoms with Crippen LogP contribution in [0.25, 0.3) is 0 Å². The minimum absolute atomic E-state index is 0.103. The third-order valence-corrected chi connectivity index (χ3v) is 8.73. The van der Waals surface area contributed by atoms with Crippen LogP contribution in [-0.2, 0) is 21.0 Å². The third kappa shape index (κ3) is 5.66. The minimum Gasteiger partial charge on any atom is -0.349 e. The Bertz CT molecular complexity index is 1470. The molecule has 15 heteroatoms. The summed E-state index contributed by atoms with van der Waals surface area (Å²) in [6.07, 6.45) is -3.33. The number of aromatic nitrogens is 1. The van der Waals surface area contributed by atoms with Crippen LogP contribution >= 0.6 is 0 Å². The van der Waals surface area contributed by atoms with Crippen LogP contribution in [-0.4, -0.2) is 68.1 Å². The van der Waals surface area contributed by atoms with Gasteiger partial charge in [0.25, 0.3) is 5.92 Å². The van der Waals surface area contributed by atoms with Crippen LogP contribution in [0.3, 0.4) is 0 Å². The Hall–Kier alpha value is -3.59. The molecule has 1 aromatic heterocycles. The summed E-state index contributed by atoms with van der Waals surface area (Å²) in [7, 11) is -3.06. The molecule has 2 atom stereocenters. The first-order chi connectivity index (χ1) is 18.6. The zero-order chi connectivity index (χ0) is 29.5. The molecular formula is C25H23F6N5O3S. The Morgan fingerprint density at radius 1 is 1.23 bits per heavy atom. The first-order valence-electron chi connectivity index (χ1n) is 11.7. The number of alkyl halides is 5. The van der Waals surface area contributed by atoms with Crippen molar-refractivity contribution in [3.05, 3.63) is 71.4 Å². The standard InChI is InChI=1S/C25H23F6N5O3S/c1-32-17(9-19(33-2)15-3-8-21(34-11-15)25(29,30)31)12-35-22(37)20-10-23(13-24(23,27)28)14-36(20)40(38,39)18-6-4-16(26)5-7-18/h3-9,11,20H,1,10,12-14H2,2H3,(H,35,37)/b17-9-,33-19+/t20-,23+/m0/s1. The largest absolute Gasteiger partial charge is 0.433 e. The number of halogens is 6. The number of benzene rings is 1. The number of hydrogen-bond donors (Lipinski definition) is 1. The first-order valence-corrected chi connectivity index (χ1v) is 13.2. The topological polar surface area (TPSA) is 104 Å². The highest BCUT2D eigenvalue weighted by Gasteiger charge is 2.76. The number of amides is 1. The van der Waals surface area contributed by atoms with Gasteiger partial charge in [0, 0.05) is 31.8 Å². The molecule has 1 aliphatic carbocycles. The maximum atomic E-state index is 14.2. The van der Waals surface area contributed by atoms with Gasteiger partial charge in [-0.15, -0.1) is 0 Å². The Labute approximate surface area is 225 Å². The van der Waals surface area contributed by atoms with Gasteiger partial charge in [0.1, 0.15) is 17.6 Å². The number of carbonyl (C=O) groups is 1. The summed E-state index contributed by atoms with van der Waals surface area (Å²) in [5.74, 6) is -4.71. The van der Waals surface area contributed by atoms with Crippen molar-refractivity contribution in [1.82, 2.24) is 14.6 Å². The Kier molecular flexibility index (Phi) is 7.66. The van der Waals surface area contributed by atoms with E-state index in [0.717, 1.165) is 42.6 Å². The number of carbonyl (C=O) groups excluding carboxylic acids is 1. The van der Waals surface area contributed by atoms with Gasteiger partial charge < -0.3 is 5.32 Å². The van der Waals surface area contributed by atoms with Crippen LogP contribution in [0.1, 0.15) is 24.1 Å². The van der Waals surface area contributed by atoms with Gasteiger partial charge in [-0.05, 0) is 55.6 Å². The number of pyridine rings is 1. The van der Waals surface area contributed by atoms with Crippen LogP contribution < -0.4 is 5.32 Å². The Balaban J connectivity index is 1.53. The molecule has 4 rings (SSSR count). The highest BCUT2D eigenvalue weighted by Crippen LogP contribution is 2.66. The maximum absolute atomic E-state index is 14.2. The monoisotopic (exact) mass is 587 g/mol. The molecule has 1 spiro atoms. The van der Waals surface area contributed by atoms with Crippen LogP contribution in [0.4, 0.5) is 26.3 Å². The van der Waals surface area contributed by atoms with Crippen LogP contribution in [0.15, 0.2) is 69.2 Å². The van der Waals surface area contributed by atoms with E-state index in [1.807, 2.05) is 0 Å². The molecule has 0 bridgehead atoms. The molecule has 2 aromatic rings. The fourth-order valence-corrected chi connectivity index (χ4v) is 6.21. The van der Waals surface area contributed by atoms with E-state index < -0.39 is 70.4 Å². The van der Waals surface area contributed by atoms with E-state index in [1.165, 1.54) is 13.1 Å². The first kappa shape index (κ1) is 29.4. The van der Waals surface area contributed by atoms with E-state index in [9.17, 15) is 39.6 Å². The highest BCUT2D eigenvalue weighted by atomic mass is 32.2. The average Bonchev–Trinajstić information content (AvgIpc) is 3.21. The maximum Gasteiger partial charge on any atom is 0.433 e. The van der Waals surface area contributed by atoms with Crippen LogP contribution in [0, 0.1) is 11.2 Å². The quantitative estimate of drug-likeness (QED) is 0.374. The number of nitrogens with one attached hydrogen (secondary N) is 1. The lowest BCUT2D eigenvalue weighted by atomic mass is 10.0. The smallest absolute Gasteiger partial charge is 0.349 e. The summed E-state index contributed by atoms with van der Waals surface area (Å²) in [6.45, 7) is 2.48. The van der Waals surface area contributed by atoms with Crippen molar-refractivity contribution in [3.63, 3.8) is 0 Å². The molecule has 1 amide bonds. The zero-order valence-corrected chi connectivity index (χ0v) is 21.7. The summed E-state index contributed by atoms with van der Waals surface area (Å²) >= 11 is 0. The summed E-state index contributed by atoms with van der Waals surface area (Å²) in [5, 5.41) is 2.47. The predicted octanol–water partition coefficient (Wildman–Crippen LogP) is 3.85. The molecule has 214 valence electrons. The van der Waals surface area contributed by atoms with Gasteiger partial charge in [0.05, 0.1) is 28.3 Å². The number of aliphatic imine (C=N–C) groups is 2. The lowest BCUT2D eigenvalue weighted by Gasteiger charge is -2.23. The average molecular weight is 588 g/mol. The molecule has 1 N–H and O–H groups in total. The number of hydrogen-bond acceptors (Lipinski definition) is 6. The lowest BCUT2D eigenvalue weighted by molar-refractivity contribution is -0.141. The minimum atomic E-state index is -4.63. The van der Waals surface area contributed by atoms with E-state index in [0.29, 0.717) is 4.31 Å².